The molecule has 0 aliphatic carbocycles. The molecule has 0 spiro atoms. The first-order valence-corrected chi connectivity index (χ1v) is 8.70. The van der Waals surface area contributed by atoms with Gasteiger partial charge in [-0.2, -0.15) is 0 Å². The molecule has 0 N–H and O–H groups in total. The Balaban J connectivity index is 1.95. The first-order valence-electron chi connectivity index (χ1n) is 6.68. The molecule has 4 atom stereocenters. The van der Waals surface area contributed by atoms with Crippen molar-refractivity contribution < 1.29 is 14.0 Å². The first kappa shape index (κ1) is 12.4. The molecule has 4 heteroatoms. The molecule has 1 aromatic carbocycles. The second-order valence-electron chi connectivity index (χ2n) is 5.65. The van der Waals surface area contributed by atoms with E-state index in [0.29, 0.717) is 12.0 Å². The maximum absolute atomic E-state index is 12.1. The van der Waals surface area contributed by atoms with Crippen molar-refractivity contribution in [3.8, 4) is 0 Å². The van der Waals surface area contributed by atoms with Gasteiger partial charge in [0, 0.05) is 6.10 Å². The predicted octanol–water partition coefficient (Wildman–Crippen LogP) is 0.908. The second kappa shape index (κ2) is 4.45. The zero-order valence-electron chi connectivity index (χ0n) is 10.8. The molecule has 18 heavy (non-hydrogen) atoms. The van der Waals surface area contributed by atoms with Gasteiger partial charge >= 0.3 is 8.56 Å². The van der Waals surface area contributed by atoms with E-state index in [1.807, 2.05) is 30.3 Å². The summed E-state index contributed by atoms with van der Waals surface area (Å²) in [6.07, 6.45) is 0.182. The molecule has 98 valence electrons. The molecule has 0 radical (unpaired) electrons. The summed E-state index contributed by atoms with van der Waals surface area (Å²) in [6.45, 7) is 4.31. The third kappa shape index (κ3) is 1.93. The summed E-state index contributed by atoms with van der Waals surface area (Å²) in [4.78, 5) is 0. The molecule has 2 aliphatic heterocycles. The van der Waals surface area contributed by atoms with Crippen LogP contribution < -0.4 is 10.3 Å². The lowest BCUT2D eigenvalue weighted by Crippen LogP contribution is -2.57. The quantitative estimate of drug-likeness (QED) is 0.745. The van der Waals surface area contributed by atoms with Gasteiger partial charge in [-0.3, -0.25) is 0 Å². The Kier molecular flexibility index (Phi) is 3.06. The zero-order valence-corrected chi connectivity index (χ0v) is 11.8. The van der Waals surface area contributed by atoms with E-state index in [4.69, 9.17) is 8.85 Å². The lowest BCUT2D eigenvalue weighted by Gasteiger charge is -2.39. The fourth-order valence-corrected chi connectivity index (χ4v) is 6.76. The minimum absolute atomic E-state index is 0.141. The van der Waals surface area contributed by atoms with Crippen LogP contribution in [-0.4, -0.2) is 26.9 Å². The lowest BCUT2D eigenvalue weighted by atomic mass is 9.99. The molecule has 3 rings (SSSR count). The maximum Gasteiger partial charge on any atom is 0.371 e. The number of benzene rings is 1. The van der Waals surface area contributed by atoms with Crippen molar-refractivity contribution in [2.75, 3.05) is 0 Å². The third-order valence-electron chi connectivity index (χ3n) is 3.99. The highest BCUT2D eigenvalue weighted by atomic mass is 28.4. The van der Waals surface area contributed by atoms with E-state index in [2.05, 4.69) is 13.8 Å². The van der Waals surface area contributed by atoms with Crippen LogP contribution in [0.5, 0.6) is 0 Å². The van der Waals surface area contributed by atoms with Crippen molar-refractivity contribution in [3.63, 3.8) is 0 Å². The van der Waals surface area contributed by atoms with Crippen LogP contribution in [0.2, 0.25) is 6.04 Å². The van der Waals surface area contributed by atoms with Gasteiger partial charge in [-0.05, 0) is 23.6 Å². The number of rotatable bonds is 2. The van der Waals surface area contributed by atoms with Crippen molar-refractivity contribution in [1.29, 1.82) is 0 Å². The molecule has 2 heterocycles. The van der Waals surface area contributed by atoms with Crippen LogP contribution in [0, 0.1) is 5.92 Å². The largest absolute Gasteiger partial charge is 0.850 e. The van der Waals surface area contributed by atoms with Crippen LogP contribution in [0.1, 0.15) is 20.3 Å². The predicted molar refractivity (Wildman–Crippen MR) is 69.6 cm³/mol. The van der Waals surface area contributed by atoms with Crippen molar-refractivity contribution in [1.82, 2.24) is 0 Å². The van der Waals surface area contributed by atoms with E-state index >= 15 is 0 Å². The Morgan fingerprint density at radius 1 is 1.22 bits per heavy atom. The zero-order chi connectivity index (χ0) is 12.8. The molecule has 0 amide bonds. The fourth-order valence-electron chi connectivity index (χ4n) is 2.92. The van der Waals surface area contributed by atoms with Crippen LogP contribution >= 0.6 is 0 Å². The van der Waals surface area contributed by atoms with E-state index in [-0.39, 0.29) is 12.2 Å². The van der Waals surface area contributed by atoms with Gasteiger partial charge in [-0.25, -0.2) is 0 Å². The highest BCUT2D eigenvalue weighted by molar-refractivity contribution is 6.82. The number of fused-ring (bicyclic) bond motifs is 2. The molecular weight excluding hydrogens is 244 g/mol. The van der Waals surface area contributed by atoms with Gasteiger partial charge in [-0.15, -0.1) is 0 Å². The molecule has 1 aromatic rings. The molecule has 0 saturated carbocycles. The SMILES string of the molecule is CC(C)[C@@H]1C[C@H]2O[Si](c3ccccc3)(C[C@@H]2[O-])O1. The molecule has 2 fully saturated rings. The monoisotopic (exact) mass is 263 g/mol. The van der Waals surface area contributed by atoms with Gasteiger partial charge in [0.15, 0.2) is 0 Å². The Morgan fingerprint density at radius 3 is 2.61 bits per heavy atom. The van der Waals surface area contributed by atoms with Crippen molar-refractivity contribution in [2.24, 2.45) is 5.92 Å². The summed E-state index contributed by atoms with van der Waals surface area (Å²) in [5, 5.41) is 13.2. The molecule has 2 saturated heterocycles. The third-order valence-corrected chi connectivity index (χ3v) is 7.51. The van der Waals surface area contributed by atoms with Crippen LogP contribution in [0.4, 0.5) is 0 Å². The van der Waals surface area contributed by atoms with Crippen molar-refractivity contribution >= 4 is 13.7 Å². The van der Waals surface area contributed by atoms with Gasteiger partial charge in [0.1, 0.15) is 0 Å². The molecular formula is C14H19O3Si-. The normalized spacial score (nSPS) is 39.2. The Morgan fingerprint density at radius 2 is 1.94 bits per heavy atom. The van der Waals surface area contributed by atoms with Gasteiger partial charge in [0.25, 0.3) is 0 Å². The molecule has 0 aromatic heterocycles. The Hall–Kier alpha value is -0.683. The summed E-state index contributed by atoms with van der Waals surface area (Å²) in [7, 11) is -2.46. The molecule has 1 unspecified atom stereocenters. The van der Waals surface area contributed by atoms with Gasteiger partial charge in [0.05, 0.1) is 6.10 Å². The van der Waals surface area contributed by atoms with E-state index in [1.54, 1.807) is 0 Å². The summed E-state index contributed by atoms with van der Waals surface area (Å²) < 4.78 is 12.4. The first-order chi connectivity index (χ1) is 8.61. The topological polar surface area (TPSA) is 41.5 Å². The molecule has 2 aliphatic rings. The lowest BCUT2D eigenvalue weighted by molar-refractivity contribution is -0.424. The second-order valence-corrected chi connectivity index (χ2v) is 8.62. The van der Waals surface area contributed by atoms with Crippen molar-refractivity contribution in [3.05, 3.63) is 30.3 Å². The van der Waals surface area contributed by atoms with Crippen LogP contribution in [0.25, 0.3) is 0 Å². The Labute approximate surface area is 109 Å². The number of hydrogen-bond donors (Lipinski definition) is 0. The minimum Gasteiger partial charge on any atom is -0.850 e. The summed E-state index contributed by atoms with van der Waals surface area (Å²) >= 11 is 0. The van der Waals surface area contributed by atoms with Crippen LogP contribution in [0.15, 0.2) is 30.3 Å². The number of hydrogen-bond acceptors (Lipinski definition) is 3. The van der Waals surface area contributed by atoms with Crippen LogP contribution in [-0.2, 0) is 8.85 Å². The van der Waals surface area contributed by atoms with Gasteiger partial charge in [-0.1, -0.05) is 50.3 Å². The average Bonchev–Trinajstić information content (AvgIpc) is 2.61. The van der Waals surface area contributed by atoms with E-state index in [1.165, 1.54) is 0 Å². The highest BCUT2D eigenvalue weighted by Crippen LogP contribution is 2.38. The smallest absolute Gasteiger partial charge is 0.371 e. The molecule has 3 nitrogen and oxygen atoms in total. The van der Waals surface area contributed by atoms with Crippen molar-refractivity contribution in [2.45, 2.75) is 44.6 Å². The summed E-state index contributed by atoms with van der Waals surface area (Å²) in [6, 6.07) is 10.6. The average molecular weight is 263 g/mol. The summed E-state index contributed by atoms with van der Waals surface area (Å²) in [5.74, 6) is 0.442. The van der Waals surface area contributed by atoms with Gasteiger partial charge in [0.2, 0.25) is 0 Å². The minimum atomic E-state index is -2.46. The molecule has 2 bridgehead atoms. The van der Waals surface area contributed by atoms with Crippen LogP contribution in [0.3, 0.4) is 0 Å². The van der Waals surface area contributed by atoms with E-state index < -0.39 is 14.7 Å². The maximum atomic E-state index is 12.1. The van der Waals surface area contributed by atoms with E-state index in [9.17, 15) is 5.11 Å². The standard InChI is InChI=1S/C14H19O3Si/c1-10(2)13-8-14-12(15)9-18(16-13,17-14)11-6-4-3-5-7-11/h3-7,10,12-14H,8-9H2,1-2H3/q-1/t12-,13-,14+,18?/m0/s1. The summed E-state index contributed by atoms with van der Waals surface area (Å²) in [5.41, 5.74) is 0. The van der Waals surface area contributed by atoms with Gasteiger partial charge < -0.3 is 14.0 Å². The highest BCUT2D eigenvalue weighted by Gasteiger charge is 2.54. The fraction of sp³-hybridized carbons (Fsp3) is 0.571. The Bertz CT molecular complexity index is 418. The van der Waals surface area contributed by atoms with E-state index in [0.717, 1.165) is 11.6 Å².